The monoisotopic (exact) mass is 380 g/mol. The van der Waals surface area contributed by atoms with Crippen molar-refractivity contribution in [1.82, 2.24) is 5.32 Å². The Morgan fingerprint density at radius 2 is 1.68 bits per heavy atom. The molecule has 0 fully saturated rings. The number of ketones is 1. The number of hydrogen-bond donors (Lipinski definition) is 2. The van der Waals surface area contributed by atoms with Gasteiger partial charge in [0.2, 0.25) is 11.7 Å². The molecule has 0 saturated heterocycles. The number of Topliss-reactive ketones (excluding diaryl/α,β-unsaturated/α-hetero) is 1. The lowest BCUT2D eigenvalue weighted by molar-refractivity contribution is -0.145. The third kappa shape index (κ3) is 5.20. The SMILES string of the molecule is O=C(COC(=O)C1=C(Nc2ccccc2)OCC1=O)NCCc1ccccc1. The van der Waals surface area contributed by atoms with E-state index >= 15 is 0 Å². The molecule has 0 aromatic heterocycles. The Hall–Kier alpha value is -3.61. The van der Waals surface area contributed by atoms with E-state index in [1.165, 1.54) is 0 Å². The third-order valence-electron chi connectivity index (χ3n) is 4.00. The molecule has 0 spiro atoms. The predicted molar refractivity (Wildman–Crippen MR) is 102 cm³/mol. The fourth-order valence-electron chi connectivity index (χ4n) is 2.61. The normalized spacial score (nSPS) is 13.1. The number of ether oxygens (including phenoxy) is 2. The van der Waals surface area contributed by atoms with E-state index in [1.54, 1.807) is 24.3 Å². The zero-order chi connectivity index (χ0) is 19.8. The molecule has 28 heavy (non-hydrogen) atoms. The summed E-state index contributed by atoms with van der Waals surface area (Å²) >= 11 is 0. The highest BCUT2D eigenvalue weighted by Crippen LogP contribution is 2.20. The molecular formula is C21H20N2O5. The first-order valence-electron chi connectivity index (χ1n) is 8.83. The summed E-state index contributed by atoms with van der Waals surface area (Å²) in [5.41, 5.74) is 1.53. The molecule has 7 heteroatoms. The van der Waals surface area contributed by atoms with Gasteiger partial charge in [-0.15, -0.1) is 0 Å². The van der Waals surface area contributed by atoms with Crippen molar-refractivity contribution in [3.05, 3.63) is 77.7 Å². The highest BCUT2D eigenvalue weighted by atomic mass is 16.5. The number of hydrogen-bond acceptors (Lipinski definition) is 6. The molecule has 2 aromatic rings. The second-order valence-electron chi connectivity index (χ2n) is 6.07. The molecule has 0 atom stereocenters. The first-order chi connectivity index (χ1) is 13.6. The van der Waals surface area contributed by atoms with Crippen LogP contribution in [0.25, 0.3) is 0 Å². The van der Waals surface area contributed by atoms with Crippen LogP contribution in [0.2, 0.25) is 0 Å². The van der Waals surface area contributed by atoms with Crippen molar-refractivity contribution in [1.29, 1.82) is 0 Å². The van der Waals surface area contributed by atoms with Crippen LogP contribution < -0.4 is 10.6 Å². The van der Waals surface area contributed by atoms with Gasteiger partial charge in [-0.1, -0.05) is 48.5 Å². The van der Waals surface area contributed by atoms with Crippen LogP contribution in [0.15, 0.2) is 72.1 Å². The van der Waals surface area contributed by atoms with Gasteiger partial charge in [0.05, 0.1) is 0 Å². The molecule has 2 aromatic carbocycles. The Kier molecular flexibility index (Phi) is 6.41. The number of anilines is 1. The van der Waals surface area contributed by atoms with E-state index in [9.17, 15) is 14.4 Å². The molecule has 0 bridgehead atoms. The summed E-state index contributed by atoms with van der Waals surface area (Å²) in [5.74, 6) is -1.79. The van der Waals surface area contributed by atoms with Crippen molar-refractivity contribution < 1.29 is 23.9 Å². The summed E-state index contributed by atoms with van der Waals surface area (Å²) in [4.78, 5) is 36.1. The highest BCUT2D eigenvalue weighted by Gasteiger charge is 2.32. The summed E-state index contributed by atoms with van der Waals surface area (Å²) in [7, 11) is 0. The maximum atomic E-state index is 12.3. The first-order valence-corrected chi connectivity index (χ1v) is 8.83. The molecule has 7 nitrogen and oxygen atoms in total. The molecule has 144 valence electrons. The lowest BCUT2D eigenvalue weighted by atomic mass is 10.1. The Morgan fingerprint density at radius 3 is 2.39 bits per heavy atom. The van der Waals surface area contributed by atoms with Crippen LogP contribution in [0, 0.1) is 0 Å². The molecule has 3 rings (SSSR count). The summed E-state index contributed by atoms with van der Waals surface area (Å²) in [6.45, 7) is -0.294. The quantitative estimate of drug-likeness (QED) is 0.536. The van der Waals surface area contributed by atoms with Crippen LogP contribution in [0.5, 0.6) is 0 Å². The standard InChI is InChI=1S/C21H20N2O5/c24-17-13-27-20(23-16-9-5-2-6-10-16)19(17)21(26)28-14-18(25)22-12-11-15-7-3-1-4-8-15/h1-10,23H,11-14H2,(H,22,25). The Morgan fingerprint density at radius 1 is 1.00 bits per heavy atom. The van der Waals surface area contributed by atoms with E-state index in [0.717, 1.165) is 5.56 Å². The number of para-hydroxylation sites is 1. The topological polar surface area (TPSA) is 93.7 Å². The average molecular weight is 380 g/mol. The van der Waals surface area contributed by atoms with Gasteiger partial charge in [0, 0.05) is 12.2 Å². The second-order valence-corrected chi connectivity index (χ2v) is 6.07. The van der Waals surface area contributed by atoms with E-state index < -0.39 is 24.3 Å². The van der Waals surface area contributed by atoms with Gasteiger partial charge in [-0.25, -0.2) is 4.79 Å². The van der Waals surface area contributed by atoms with Crippen molar-refractivity contribution in [2.24, 2.45) is 0 Å². The lowest BCUT2D eigenvalue weighted by Crippen LogP contribution is -2.31. The van der Waals surface area contributed by atoms with E-state index in [-0.39, 0.29) is 18.1 Å². The molecule has 1 aliphatic heterocycles. The number of benzene rings is 2. The van der Waals surface area contributed by atoms with Crippen molar-refractivity contribution in [3.63, 3.8) is 0 Å². The molecule has 2 N–H and O–H groups in total. The Labute approximate surface area is 162 Å². The van der Waals surface area contributed by atoms with Crippen molar-refractivity contribution in [2.75, 3.05) is 25.1 Å². The number of carbonyl (C=O) groups excluding carboxylic acids is 3. The van der Waals surface area contributed by atoms with Crippen LogP contribution in [-0.2, 0) is 30.3 Å². The average Bonchev–Trinajstić information content (AvgIpc) is 3.08. The number of carbonyl (C=O) groups is 3. The molecular weight excluding hydrogens is 360 g/mol. The van der Waals surface area contributed by atoms with E-state index in [4.69, 9.17) is 9.47 Å². The molecule has 1 amide bonds. The zero-order valence-electron chi connectivity index (χ0n) is 15.1. The summed E-state index contributed by atoms with van der Waals surface area (Å²) in [5, 5.41) is 5.55. The maximum absolute atomic E-state index is 12.3. The fourth-order valence-corrected chi connectivity index (χ4v) is 2.61. The van der Waals surface area contributed by atoms with Gasteiger partial charge in [-0.2, -0.15) is 0 Å². The van der Waals surface area contributed by atoms with Crippen molar-refractivity contribution in [3.8, 4) is 0 Å². The smallest absolute Gasteiger partial charge is 0.347 e. The third-order valence-corrected chi connectivity index (χ3v) is 4.00. The number of amides is 1. The van der Waals surface area contributed by atoms with E-state index in [0.29, 0.717) is 18.7 Å². The van der Waals surface area contributed by atoms with Crippen LogP contribution in [0.1, 0.15) is 5.56 Å². The minimum absolute atomic E-state index is 0.0330. The van der Waals surface area contributed by atoms with Crippen LogP contribution in [0.3, 0.4) is 0 Å². The van der Waals surface area contributed by atoms with Crippen LogP contribution in [0.4, 0.5) is 5.69 Å². The maximum Gasteiger partial charge on any atom is 0.347 e. The van der Waals surface area contributed by atoms with Gasteiger partial charge in [0.1, 0.15) is 0 Å². The van der Waals surface area contributed by atoms with Gasteiger partial charge in [0.25, 0.3) is 5.91 Å². The summed E-state index contributed by atoms with van der Waals surface area (Å²) in [6, 6.07) is 18.7. The van der Waals surface area contributed by atoms with Gasteiger partial charge < -0.3 is 20.1 Å². The van der Waals surface area contributed by atoms with Gasteiger partial charge in [0.15, 0.2) is 18.8 Å². The minimum Gasteiger partial charge on any atom is -0.470 e. The molecule has 0 unspecified atom stereocenters. The van der Waals surface area contributed by atoms with E-state index in [1.807, 2.05) is 36.4 Å². The minimum atomic E-state index is -0.890. The Bertz CT molecular complexity index is 878. The molecule has 0 aliphatic carbocycles. The van der Waals surface area contributed by atoms with Crippen LogP contribution in [-0.4, -0.2) is 37.4 Å². The summed E-state index contributed by atoms with van der Waals surface area (Å²) in [6.07, 6.45) is 0.670. The van der Waals surface area contributed by atoms with Gasteiger partial charge in [-0.3, -0.25) is 9.59 Å². The zero-order valence-corrected chi connectivity index (χ0v) is 15.1. The predicted octanol–water partition coefficient (Wildman–Crippen LogP) is 1.81. The van der Waals surface area contributed by atoms with Gasteiger partial charge in [-0.05, 0) is 24.1 Å². The van der Waals surface area contributed by atoms with Crippen molar-refractivity contribution in [2.45, 2.75) is 6.42 Å². The number of rotatable bonds is 8. The second kappa shape index (κ2) is 9.36. The molecule has 1 aliphatic rings. The fraction of sp³-hybridized carbons (Fsp3) is 0.190. The first kappa shape index (κ1) is 19.2. The van der Waals surface area contributed by atoms with Crippen molar-refractivity contribution >= 4 is 23.3 Å². The van der Waals surface area contributed by atoms with E-state index in [2.05, 4.69) is 10.6 Å². The molecule has 0 radical (unpaired) electrons. The molecule has 0 saturated carbocycles. The number of esters is 1. The molecule has 1 heterocycles. The van der Waals surface area contributed by atoms with Crippen LogP contribution >= 0.6 is 0 Å². The largest absolute Gasteiger partial charge is 0.470 e. The Balaban J connectivity index is 1.50. The number of nitrogens with one attached hydrogen (secondary N) is 2. The lowest BCUT2D eigenvalue weighted by Gasteiger charge is -2.09. The van der Waals surface area contributed by atoms with Gasteiger partial charge >= 0.3 is 5.97 Å². The highest BCUT2D eigenvalue weighted by molar-refractivity contribution is 6.20. The summed E-state index contributed by atoms with van der Waals surface area (Å²) < 4.78 is 10.2.